The van der Waals surface area contributed by atoms with Crippen LogP contribution in [0.25, 0.3) is 0 Å². The minimum Gasteiger partial charge on any atom is -0.504 e. The predicted molar refractivity (Wildman–Crippen MR) is 90.5 cm³/mol. The lowest BCUT2D eigenvalue weighted by molar-refractivity contribution is 0.203. The molecule has 3 rings (SSSR count). The van der Waals surface area contributed by atoms with E-state index in [1.54, 1.807) is 0 Å². The van der Waals surface area contributed by atoms with E-state index in [-0.39, 0.29) is 17.4 Å². The van der Waals surface area contributed by atoms with Crippen LogP contribution in [0.5, 0.6) is 11.5 Å². The first-order valence-electron chi connectivity index (χ1n) is 8.56. The number of allylic oxidation sites excluding steroid dienone is 2. The molecular weight excluding hydrogens is 272 g/mol. The van der Waals surface area contributed by atoms with Crippen molar-refractivity contribution in [3.05, 3.63) is 34.4 Å². The topological polar surface area (TPSA) is 40.5 Å². The third-order valence-corrected chi connectivity index (χ3v) is 5.79. The molecule has 0 aliphatic heterocycles. The molecule has 120 valence electrons. The Kier molecular flexibility index (Phi) is 3.74. The molecule has 1 aromatic carbocycles. The number of aromatic hydroxyl groups is 2. The van der Waals surface area contributed by atoms with Gasteiger partial charge in [-0.15, -0.1) is 0 Å². The van der Waals surface area contributed by atoms with E-state index in [2.05, 4.69) is 39.8 Å². The molecule has 2 aliphatic rings. The quantitative estimate of drug-likeness (QED) is 0.561. The minimum absolute atomic E-state index is 0.0860. The molecule has 0 spiro atoms. The van der Waals surface area contributed by atoms with Crippen LogP contribution in [0.3, 0.4) is 0 Å². The van der Waals surface area contributed by atoms with E-state index in [4.69, 9.17) is 0 Å². The summed E-state index contributed by atoms with van der Waals surface area (Å²) in [4.78, 5) is 0. The first-order valence-corrected chi connectivity index (χ1v) is 8.56. The van der Waals surface area contributed by atoms with Crippen molar-refractivity contribution in [1.29, 1.82) is 0 Å². The van der Waals surface area contributed by atoms with Crippen LogP contribution in [0, 0.1) is 11.3 Å². The minimum atomic E-state index is 0.0860. The zero-order valence-corrected chi connectivity index (χ0v) is 14.2. The van der Waals surface area contributed by atoms with Crippen LogP contribution in [-0.4, -0.2) is 10.2 Å². The van der Waals surface area contributed by atoms with Gasteiger partial charge in [-0.3, -0.25) is 0 Å². The highest BCUT2D eigenvalue weighted by molar-refractivity contribution is 5.57. The molecule has 2 aliphatic carbocycles. The fourth-order valence-electron chi connectivity index (χ4n) is 4.36. The first kappa shape index (κ1) is 15.5. The maximum absolute atomic E-state index is 10.5. The zero-order valence-electron chi connectivity index (χ0n) is 14.2. The number of fused-ring (bicyclic) bond motifs is 2. The van der Waals surface area contributed by atoms with Crippen LogP contribution in [-0.2, 0) is 12.8 Å². The number of benzene rings is 1. The van der Waals surface area contributed by atoms with Gasteiger partial charge in [-0.2, -0.15) is 0 Å². The molecule has 0 bridgehead atoms. The van der Waals surface area contributed by atoms with Crippen molar-refractivity contribution in [1.82, 2.24) is 0 Å². The van der Waals surface area contributed by atoms with E-state index in [0.717, 1.165) is 36.8 Å². The van der Waals surface area contributed by atoms with Crippen molar-refractivity contribution < 1.29 is 10.2 Å². The van der Waals surface area contributed by atoms with Gasteiger partial charge in [0.15, 0.2) is 11.5 Å². The highest BCUT2D eigenvalue weighted by atomic mass is 16.3. The fourth-order valence-corrected chi connectivity index (χ4v) is 4.36. The highest BCUT2D eigenvalue weighted by Crippen LogP contribution is 2.49. The first-order chi connectivity index (χ1) is 10.3. The number of rotatable bonds is 1. The van der Waals surface area contributed by atoms with Crippen molar-refractivity contribution in [2.45, 2.75) is 65.7 Å². The second kappa shape index (κ2) is 5.33. The molecule has 2 N–H and O–H groups in total. The average Bonchev–Trinajstić information content (AvgIpc) is 2.62. The summed E-state index contributed by atoms with van der Waals surface area (Å²) >= 11 is 0. The Morgan fingerprint density at radius 2 is 1.91 bits per heavy atom. The van der Waals surface area contributed by atoms with Crippen LogP contribution in [0.2, 0.25) is 0 Å². The van der Waals surface area contributed by atoms with Gasteiger partial charge in [-0.05, 0) is 54.9 Å². The van der Waals surface area contributed by atoms with E-state index in [9.17, 15) is 10.2 Å². The Bertz CT molecular complexity index is 623. The van der Waals surface area contributed by atoms with Crippen molar-refractivity contribution in [3.8, 4) is 11.5 Å². The molecular formula is C20H28O2. The van der Waals surface area contributed by atoms with Crippen LogP contribution in [0.4, 0.5) is 0 Å². The van der Waals surface area contributed by atoms with E-state index >= 15 is 0 Å². The third-order valence-electron chi connectivity index (χ3n) is 5.79. The van der Waals surface area contributed by atoms with E-state index in [1.165, 1.54) is 17.6 Å². The molecule has 0 fully saturated rings. The lowest BCUT2D eigenvalue weighted by atomic mass is 9.66. The maximum Gasteiger partial charge on any atom is 0.161 e. The molecule has 1 aromatic rings. The summed E-state index contributed by atoms with van der Waals surface area (Å²) in [6.45, 7) is 8.86. The van der Waals surface area contributed by atoms with E-state index in [1.807, 2.05) is 0 Å². The van der Waals surface area contributed by atoms with Gasteiger partial charge < -0.3 is 10.2 Å². The number of hydrogen-bond donors (Lipinski definition) is 2. The van der Waals surface area contributed by atoms with Crippen LogP contribution in [0.15, 0.2) is 17.7 Å². The van der Waals surface area contributed by atoms with Gasteiger partial charge in [0, 0.05) is 11.1 Å². The molecule has 2 heteroatoms. The van der Waals surface area contributed by atoms with Crippen LogP contribution < -0.4 is 0 Å². The van der Waals surface area contributed by atoms with Gasteiger partial charge in [0.1, 0.15) is 0 Å². The standard InChI is InChI=1S/C20H28O2/c1-12(2)15-10-13-7-8-17-14(6-5-9-20(17,3)4)11-16(13)19(22)18(15)21/h6,10,12,17,21-22H,5,7-9,11H2,1-4H3/t17-/m1/s1. The van der Waals surface area contributed by atoms with Crippen molar-refractivity contribution in [3.63, 3.8) is 0 Å². The molecule has 0 heterocycles. The summed E-state index contributed by atoms with van der Waals surface area (Å²) in [7, 11) is 0. The normalized spacial score (nSPS) is 23.5. The molecule has 0 unspecified atom stereocenters. The van der Waals surface area contributed by atoms with Crippen molar-refractivity contribution in [2.24, 2.45) is 11.3 Å². The molecule has 0 aromatic heterocycles. The molecule has 22 heavy (non-hydrogen) atoms. The Labute approximate surface area is 133 Å². The number of aryl methyl sites for hydroxylation is 1. The van der Waals surface area contributed by atoms with Gasteiger partial charge in [0.05, 0.1) is 0 Å². The monoisotopic (exact) mass is 300 g/mol. The summed E-state index contributed by atoms with van der Waals surface area (Å²) in [5.41, 5.74) is 4.85. The maximum atomic E-state index is 10.5. The second-order valence-corrected chi connectivity index (χ2v) is 8.03. The smallest absolute Gasteiger partial charge is 0.161 e. The lowest BCUT2D eigenvalue weighted by Crippen LogP contribution is -2.29. The predicted octanol–water partition coefficient (Wildman–Crippen LogP) is 5.07. The molecule has 2 nitrogen and oxygen atoms in total. The van der Waals surface area contributed by atoms with Crippen LogP contribution in [0.1, 0.15) is 69.6 Å². The van der Waals surface area contributed by atoms with Gasteiger partial charge in [0.25, 0.3) is 0 Å². The summed E-state index contributed by atoms with van der Waals surface area (Å²) in [6, 6.07) is 2.12. The number of phenols is 2. The Balaban J connectivity index is 2.07. The summed E-state index contributed by atoms with van der Waals surface area (Å²) in [5, 5.41) is 20.9. The Hall–Kier alpha value is -1.44. The summed E-state index contributed by atoms with van der Waals surface area (Å²) in [5.74, 6) is 1.02. The SMILES string of the molecule is CC(C)c1cc2c(c(O)c1O)CC1=CCCC(C)(C)[C@@H]1CC2. The Morgan fingerprint density at radius 3 is 2.59 bits per heavy atom. The molecule has 1 atom stereocenters. The summed E-state index contributed by atoms with van der Waals surface area (Å²) in [6.07, 6.45) is 7.68. The van der Waals surface area contributed by atoms with E-state index < -0.39 is 0 Å². The highest BCUT2D eigenvalue weighted by Gasteiger charge is 2.36. The van der Waals surface area contributed by atoms with Crippen molar-refractivity contribution >= 4 is 0 Å². The van der Waals surface area contributed by atoms with Crippen molar-refractivity contribution in [2.75, 3.05) is 0 Å². The van der Waals surface area contributed by atoms with Gasteiger partial charge >= 0.3 is 0 Å². The zero-order chi connectivity index (χ0) is 16.1. The lowest BCUT2D eigenvalue weighted by Gasteiger charge is -2.39. The molecule has 0 radical (unpaired) electrons. The average molecular weight is 300 g/mol. The largest absolute Gasteiger partial charge is 0.504 e. The van der Waals surface area contributed by atoms with Crippen LogP contribution >= 0.6 is 0 Å². The molecule has 0 amide bonds. The number of phenolic OH excluding ortho intramolecular Hbond substituents is 2. The number of hydrogen-bond acceptors (Lipinski definition) is 2. The fraction of sp³-hybridized carbons (Fsp3) is 0.600. The van der Waals surface area contributed by atoms with Gasteiger partial charge in [0.2, 0.25) is 0 Å². The van der Waals surface area contributed by atoms with Gasteiger partial charge in [-0.25, -0.2) is 0 Å². The Morgan fingerprint density at radius 1 is 1.18 bits per heavy atom. The molecule has 0 saturated carbocycles. The van der Waals surface area contributed by atoms with Gasteiger partial charge in [-0.1, -0.05) is 45.4 Å². The second-order valence-electron chi connectivity index (χ2n) is 8.03. The summed E-state index contributed by atoms with van der Waals surface area (Å²) < 4.78 is 0. The third kappa shape index (κ3) is 2.43. The molecule has 0 saturated heterocycles. The van der Waals surface area contributed by atoms with E-state index in [0.29, 0.717) is 11.3 Å².